The van der Waals surface area contributed by atoms with Gasteiger partial charge in [-0.05, 0) is 87.4 Å². The van der Waals surface area contributed by atoms with E-state index in [-0.39, 0.29) is 40.5 Å². The fraction of sp³-hybridized carbons (Fsp3) is 0.514. The minimum absolute atomic E-state index is 0.0203. The Hall–Kier alpha value is -3.43. The fourth-order valence-electron chi connectivity index (χ4n) is 8.53. The Kier molecular flexibility index (Phi) is 6.94. The quantitative estimate of drug-likeness (QED) is 0.281. The van der Waals surface area contributed by atoms with Gasteiger partial charge in [-0.3, -0.25) is 4.90 Å². The number of nitrogens with one attached hydrogen (secondary N) is 1. The highest BCUT2D eigenvalue weighted by molar-refractivity contribution is 6.01. The van der Waals surface area contributed by atoms with Gasteiger partial charge in [0.1, 0.15) is 29.5 Å². The first-order valence-corrected chi connectivity index (χ1v) is 16.4. The van der Waals surface area contributed by atoms with Gasteiger partial charge in [0.25, 0.3) is 0 Å². The van der Waals surface area contributed by atoms with E-state index in [0.29, 0.717) is 28.5 Å². The molecule has 4 aromatic rings. The van der Waals surface area contributed by atoms with Crippen LogP contribution in [-0.4, -0.2) is 70.8 Å². The highest BCUT2D eigenvalue weighted by atomic mass is 19.1. The number of nitrogens with zero attached hydrogens (tertiary/aromatic N) is 5. The largest absolute Gasteiger partial charge is 0.461 e. The highest BCUT2D eigenvalue weighted by Gasteiger charge is 2.45. The van der Waals surface area contributed by atoms with Crippen LogP contribution in [0.2, 0.25) is 0 Å². The van der Waals surface area contributed by atoms with Crippen LogP contribution in [-0.2, 0) is 0 Å². The first-order chi connectivity index (χ1) is 21.5. The molecule has 2 aromatic carbocycles. The summed E-state index contributed by atoms with van der Waals surface area (Å²) in [5, 5.41) is 5.78. The third kappa shape index (κ3) is 4.37. The number of anilines is 1. The number of hydrogen-bond donors (Lipinski definition) is 1. The van der Waals surface area contributed by atoms with E-state index in [1.54, 1.807) is 13.0 Å². The molecule has 0 amide bonds. The van der Waals surface area contributed by atoms with Gasteiger partial charge < -0.3 is 15.0 Å². The molecular formula is C35H40F2N6O. The van der Waals surface area contributed by atoms with Gasteiger partial charge in [-0.15, -0.1) is 0 Å². The van der Waals surface area contributed by atoms with E-state index in [1.807, 2.05) is 18.2 Å². The van der Waals surface area contributed by atoms with E-state index >= 15 is 4.39 Å². The number of piperazine rings is 1. The van der Waals surface area contributed by atoms with Crippen molar-refractivity contribution >= 4 is 27.5 Å². The lowest BCUT2D eigenvalue weighted by molar-refractivity contribution is 0.108. The Morgan fingerprint density at radius 1 is 1.00 bits per heavy atom. The topological polar surface area (TPSA) is 66.4 Å². The molecule has 0 unspecified atom stereocenters. The summed E-state index contributed by atoms with van der Waals surface area (Å²) in [6.45, 7) is 9.10. The minimum atomic E-state index is -0.503. The van der Waals surface area contributed by atoms with Crippen molar-refractivity contribution < 1.29 is 13.5 Å². The number of ether oxygens (including phenoxy) is 1. The number of hydrogen-bond acceptors (Lipinski definition) is 7. The molecule has 3 fully saturated rings. The lowest BCUT2D eigenvalue weighted by Crippen LogP contribution is -2.52. The van der Waals surface area contributed by atoms with Crippen LogP contribution >= 0.6 is 0 Å². The van der Waals surface area contributed by atoms with Crippen LogP contribution in [0.1, 0.15) is 69.0 Å². The summed E-state index contributed by atoms with van der Waals surface area (Å²) >= 11 is 0. The Morgan fingerprint density at radius 3 is 2.66 bits per heavy atom. The summed E-state index contributed by atoms with van der Waals surface area (Å²) in [7, 11) is 0. The molecule has 2 atom stereocenters. The molecule has 44 heavy (non-hydrogen) atoms. The van der Waals surface area contributed by atoms with Gasteiger partial charge >= 0.3 is 6.01 Å². The van der Waals surface area contributed by atoms with Gasteiger partial charge in [0.05, 0.1) is 16.6 Å². The summed E-state index contributed by atoms with van der Waals surface area (Å²) in [4.78, 5) is 19.9. The Balaban J connectivity index is 1.36. The Labute approximate surface area is 257 Å². The van der Waals surface area contributed by atoms with Gasteiger partial charge in [0, 0.05) is 37.2 Å². The molecule has 6 heterocycles. The number of aromatic nitrogens is 3. The first kappa shape index (κ1) is 28.1. The zero-order chi connectivity index (χ0) is 30.0. The molecule has 1 N–H and O–H groups in total. The number of aryl methyl sites for hydroxylation is 1. The van der Waals surface area contributed by atoms with Crippen LogP contribution < -0.4 is 15.0 Å². The monoisotopic (exact) mass is 598 g/mol. The van der Waals surface area contributed by atoms with Crippen molar-refractivity contribution in [1.82, 2.24) is 25.2 Å². The van der Waals surface area contributed by atoms with Crippen molar-refractivity contribution in [2.24, 2.45) is 0 Å². The van der Waals surface area contributed by atoms with E-state index in [0.717, 1.165) is 81.7 Å². The van der Waals surface area contributed by atoms with Crippen molar-refractivity contribution in [3.63, 3.8) is 0 Å². The molecular weight excluding hydrogens is 558 g/mol. The molecule has 3 saturated heterocycles. The normalized spacial score (nSPS) is 23.0. The molecule has 0 radical (unpaired) electrons. The summed E-state index contributed by atoms with van der Waals surface area (Å²) in [6, 6.07) is 9.38. The van der Waals surface area contributed by atoms with E-state index in [4.69, 9.17) is 19.7 Å². The average molecular weight is 599 g/mol. The van der Waals surface area contributed by atoms with Crippen LogP contribution in [0, 0.1) is 18.6 Å². The predicted molar refractivity (Wildman–Crippen MR) is 169 cm³/mol. The molecule has 2 aromatic heterocycles. The molecule has 4 aliphatic rings. The molecule has 0 bridgehead atoms. The van der Waals surface area contributed by atoms with Gasteiger partial charge in [-0.1, -0.05) is 31.2 Å². The zero-order valence-electron chi connectivity index (χ0n) is 25.6. The lowest BCUT2D eigenvalue weighted by atomic mass is 9.88. The van der Waals surface area contributed by atoms with Crippen LogP contribution in [0.5, 0.6) is 6.01 Å². The molecule has 4 aliphatic heterocycles. The van der Waals surface area contributed by atoms with E-state index in [2.05, 4.69) is 22.0 Å². The molecule has 8 rings (SSSR count). The number of halogens is 2. The van der Waals surface area contributed by atoms with E-state index in [1.165, 1.54) is 18.9 Å². The number of fused-ring (bicyclic) bond motifs is 4. The average Bonchev–Trinajstić information content (AvgIpc) is 3.63. The Morgan fingerprint density at radius 2 is 1.84 bits per heavy atom. The molecule has 0 saturated carbocycles. The summed E-state index contributed by atoms with van der Waals surface area (Å²) in [5.41, 5.74) is 2.39. The van der Waals surface area contributed by atoms with Crippen LogP contribution in [0.3, 0.4) is 0 Å². The molecule has 9 heteroatoms. The summed E-state index contributed by atoms with van der Waals surface area (Å²) in [6.07, 6.45) is 7.35. The number of benzene rings is 2. The number of pyridine rings is 1. The zero-order valence-corrected chi connectivity index (χ0v) is 25.6. The third-order valence-corrected chi connectivity index (χ3v) is 10.9. The fourth-order valence-corrected chi connectivity index (χ4v) is 8.53. The second kappa shape index (κ2) is 10.9. The molecule has 0 spiro atoms. The molecule has 0 aliphatic carbocycles. The smallest absolute Gasteiger partial charge is 0.319 e. The lowest BCUT2D eigenvalue weighted by Gasteiger charge is -2.40. The highest BCUT2D eigenvalue weighted by Crippen LogP contribution is 2.44. The van der Waals surface area contributed by atoms with Crippen molar-refractivity contribution in [2.45, 2.75) is 76.3 Å². The van der Waals surface area contributed by atoms with Gasteiger partial charge in [0.2, 0.25) is 0 Å². The van der Waals surface area contributed by atoms with Crippen molar-refractivity contribution in [3.05, 3.63) is 53.2 Å². The minimum Gasteiger partial charge on any atom is -0.461 e. The van der Waals surface area contributed by atoms with Crippen molar-refractivity contribution in [2.75, 3.05) is 44.2 Å². The van der Waals surface area contributed by atoms with E-state index in [9.17, 15) is 4.39 Å². The number of rotatable bonds is 5. The van der Waals surface area contributed by atoms with Crippen LogP contribution in [0.4, 0.5) is 14.6 Å². The summed E-state index contributed by atoms with van der Waals surface area (Å²) in [5.74, 6) is 0.0313. The summed E-state index contributed by atoms with van der Waals surface area (Å²) < 4.78 is 38.5. The van der Waals surface area contributed by atoms with Gasteiger partial charge in [-0.2, -0.15) is 9.97 Å². The second-order valence-corrected chi connectivity index (χ2v) is 13.2. The predicted octanol–water partition coefficient (Wildman–Crippen LogP) is 6.50. The van der Waals surface area contributed by atoms with Crippen molar-refractivity contribution in [3.8, 4) is 17.3 Å². The van der Waals surface area contributed by atoms with Crippen LogP contribution in [0.15, 0.2) is 30.3 Å². The standard InChI is InChI=1S/C35H40F2N6O/c1-3-22-9-11-24-19-38-15-18-43(24)33-28-30(22)39-31(25-8-4-7-23-10-12-26(36)21(2)27(23)25)29(37)32(28)40-34(41-33)44-20-35-13-5-16-42(35)17-6-14-35/h4,7-8,10,12,22,24,38H,3,5-6,9,11,13-20H2,1-2H3/t22-,24+/m0/s1. The maximum Gasteiger partial charge on any atom is 0.319 e. The maximum atomic E-state index is 17.1. The van der Waals surface area contributed by atoms with E-state index < -0.39 is 5.82 Å². The van der Waals surface area contributed by atoms with Gasteiger partial charge in [-0.25, -0.2) is 13.8 Å². The maximum absolute atomic E-state index is 17.1. The second-order valence-electron chi connectivity index (χ2n) is 13.2. The van der Waals surface area contributed by atoms with Crippen molar-refractivity contribution in [1.29, 1.82) is 0 Å². The third-order valence-electron chi connectivity index (χ3n) is 10.9. The molecule has 7 nitrogen and oxygen atoms in total. The SMILES string of the molecule is CC[C@H]1CC[C@@H]2CNCCN2c2nc(OCC34CCCN3CCC4)nc3c(F)c(-c4cccc5ccc(F)c(C)c45)nc1c23. The Bertz CT molecular complexity index is 1750. The molecule has 230 valence electrons. The van der Waals surface area contributed by atoms with Crippen LogP contribution in [0.25, 0.3) is 32.9 Å². The van der Waals surface area contributed by atoms with Gasteiger partial charge in [0.15, 0.2) is 5.82 Å². The first-order valence-electron chi connectivity index (χ1n) is 16.4.